The maximum Gasteiger partial charge on any atom is 0.184 e. The number of nitrogens with zero attached hydrogens (tertiary/aromatic N) is 2. The zero-order chi connectivity index (χ0) is 14.8. The second-order valence-electron chi connectivity index (χ2n) is 4.10. The number of anilines is 1. The van der Waals surface area contributed by atoms with E-state index in [9.17, 15) is 8.42 Å². The summed E-state index contributed by atoms with van der Waals surface area (Å²) in [5.74, 6) is -0.226. The van der Waals surface area contributed by atoms with E-state index < -0.39 is 9.84 Å². The van der Waals surface area contributed by atoms with Crippen molar-refractivity contribution in [1.29, 1.82) is 5.26 Å². The first-order chi connectivity index (χ1) is 9.42. The zero-order valence-corrected chi connectivity index (χ0v) is 12.6. The second kappa shape index (κ2) is 5.61. The minimum atomic E-state index is -3.57. The van der Waals surface area contributed by atoms with Crippen molar-refractivity contribution in [2.75, 3.05) is 5.73 Å². The summed E-state index contributed by atoms with van der Waals surface area (Å²) in [6.07, 6.45) is 1.41. The minimum absolute atomic E-state index is 0.0796. The predicted molar refractivity (Wildman–Crippen MR) is 78.4 cm³/mol. The van der Waals surface area contributed by atoms with Gasteiger partial charge < -0.3 is 5.73 Å². The van der Waals surface area contributed by atoms with Crippen molar-refractivity contribution in [1.82, 2.24) is 4.98 Å². The van der Waals surface area contributed by atoms with Crippen LogP contribution in [0.3, 0.4) is 0 Å². The number of aromatic nitrogens is 1. The van der Waals surface area contributed by atoms with Gasteiger partial charge in [0.15, 0.2) is 9.84 Å². The fraction of sp³-hybridized carbons (Fsp3) is 0.0769. The highest BCUT2D eigenvalue weighted by atomic mass is 79.9. The van der Waals surface area contributed by atoms with Crippen molar-refractivity contribution >= 4 is 31.5 Å². The molecule has 0 saturated carbocycles. The summed E-state index contributed by atoms with van der Waals surface area (Å²) in [6.45, 7) is 0. The molecule has 0 atom stereocenters. The Balaban J connectivity index is 2.38. The molecule has 0 fully saturated rings. The normalized spacial score (nSPS) is 11.0. The maximum atomic E-state index is 12.3. The topological polar surface area (TPSA) is 96.8 Å². The Bertz CT molecular complexity index is 798. The van der Waals surface area contributed by atoms with Crippen molar-refractivity contribution < 1.29 is 8.42 Å². The molecule has 1 aromatic carbocycles. The molecule has 5 nitrogen and oxygen atoms in total. The molecule has 0 radical (unpaired) electrons. The molecule has 0 aliphatic carbocycles. The van der Waals surface area contributed by atoms with E-state index in [1.165, 1.54) is 18.3 Å². The van der Waals surface area contributed by atoms with E-state index in [1.54, 1.807) is 18.2 Å². The summed E-state index contributed by atoms with van der Waals surface area (Å²) in [5, 5.41) is 8.76. The van der Waals surface area contributed by atoms with Crippen molar-refractivity contribution in [2.24, 2.45) is 0 Å². The van der Waals surface area contributed by atoms with Gasteiger partial charge in [-0.3, -0.25) is 0 Å². The lowest BCUT2D eigenvalue weighted by molar-refractivity contribution is 0.595. The van der Waals surface area contributed by atoms with Gasteiger partial charge in [0.2, 0.25) is 0 Å². The van der Waals surface area contributed by atoms with Gasteiger partial charge in [-0.25, -0.2) is 13.4 Å². The average Bonchev–Trinajstić information content (AvgIpc) is 2.37. The summed E-state index contributed by atoms with van der Waals surface area (Å²) in [6, 6.07) is 9.51. The van der Waals surface area contributed by atoms with Crippen LogP contribution in [0, 0.1) is 11.3 Å². The summed E-state index contributed by atoms with van der Waals surface area (Å²) >= 11 is 3.23. The molecule has 2 rings (SSSR count). The number of pyridine rings is 1. The molecule has 20 heavy (non-hydrogen) atoms. The van der Waals surface area contributed by atoms with Crippen LogP contribution in [-0.2, 0) is 15.6 Å². The summed E-state index contributed by atoms with van der Waals surface area (Å²) in [5.41, 5.74) is 6.61. The quantitative estimate of drug-likeness (QED) is 0.855. The molecule has 0 aliphatic heterocycles. The molecule has 1 aromatic heterocycles. The molecule has 2 N–H and O–H groups in total. The lowest BCUT2D eigenvalue weighted by Gasteiger charge is -2.08. The van der Waals surface area contributed by atoms with Gasteiger partial charge in [-0.2, -0.15) is 5.26 Å². The molecule has 0 saturated heterocycles. The highest BCUT2D eigenvalue weighted by Gasteiger charge is 2.18. The Hall–Kier alpha value is -1.91. The van der Waals surface area contributed by atoms with Gasteiger partial charge in [0.05, 0.1) is 16.3 Å². The molecule has 1 heterocycles. The van der Waals surface area contributed by atoms with Crippen LogP contribution in [0.4, 0.5) is 5.69 Å². The van der Waals surface area contributed by atoms with E-state index >= 15 is 0 Å². The number of benzene rings is 1. The largest absolute Gasteiger partial charge is 0.398 e. The van der Waals surface area contributed by atoms with Crippen molar-refractivity contribution in [2.45, 2.75) is 10.6 Å². The molecule has 7 heteroatoms. The molecule has 0 aliphatic rings. The van der Waals surface area contributed by atoms with Gasteiger partial charge in [0.25, 0.3) is 0 Å². The first-order valence-corrected chi connectivity index (χ1v) is 8.00. The highest BCUT2D eigenvalue weighted by molar-refractivity contribution is 9.10. The monoisotopic (exact) mass is 351 g/mol. The average molecular weight is 352 g/mol. The van der Waals surface area contributed by atoms with Crippen LogP contribution in [0.2, 0.25) is 0 Å². The Kier molecular flexibility index (Phi) is 4.06. The lowest BCUT2D eigenvalue weighted by atomic mass is 10.2. The van der Waals surface area contributed by atoms with Gasteiger partial charge in [0, 0.05) is 10.7 Å². The predicted octanol–water partition coefficient (Wildman–Crippen LogP) is 2.27. The number of nitriles is 1. The molecule has 102 valence electrons. The van der Waals surface area contributed by atoms with Gasteiger partial charge in [0.1, 0.15) is 11.8 Å². The third-order valence-corrected chi connectivity index (χ3v) is 4.85. The van der Waals surface area contributed by atoms with Gasteiger partial charge in [-0.05, 0) is 35.9 Å². The van der Waals surface area contributed by atoms with Gasteiger partial charge in [-0.15, -0.1) is 0 Å². The van der Waals surface area contributed by atoms with E-state index in [1.807, 2.05) is 6.07 Å². The first-order valence-electron chi connectivity index (χ1n) is 5.55. The van der Waals surface area contributed by atoms with Crippen molar-refractivity contribution in [3.63, 3.8) is 0 Å². The first kappa shape index (κ1) is 14.5. The Morgan fingerprint density at radius 1 is 1.30 bits per heavy atom. The smallest absolute Gasteiger partial charge is 0.184 e. The molecule has 0 unspecified atom stereocenters. The van der Waals surface area contributed by atoms with E-state index in [4.69, 9.17) is 11.0 Å². The maximum absolute atomic E-state index is 12.3. The number of hydrogen-bond donors (Lipinski definition) is 1. The summed E-state index contributed by atoms with van der Waals surface area (Å²) in [7, 11) is -3.57. The number of hydrogen-bond acceptors (Lipinski definition) is 5. The Labute approximate surface area is 125 Å². The molecular formula is C13H10BrN3O2S. The van der Waals surface area contributed by atoms with Crippen LogP contribution >= 0.6 is 15.9 Å². The van der Waals surface area contributed by atoms with Gasteiger partial charge in [-0.1, -0.05) is 15.9 Å². The van der Waals surface area contributed by atoms with Crippen LogP contribution < -0.4 is 5.73 Å². The molecule has 0 spiro atoms. The zero-order valence-electron chi connectivity index (χ0n) is 10.2. The number of rotatable bonds is 3. The number of sulfone groups is 1. The lowest BCUT2D eigenvalue weighted by Crippen LogP contribution is -2.08. The number of halogens is 1. The summed E-state index contributed by atoms with van der Waals surface area (Å²) < 4.78 is 25.4. The summed E-state index contributed by atoms with van der Waals surface area (Å²) in [4.78, 5) is 3.88. The van der Waals surface area contributed by atoms with E-state index in [0.29, 0.717) is 10.0 Å². The van der Waals surface area contributed by atoms with E-state index in [0.717, 1.165) is 0 Å². The molecule has 0 amide bonds. The van der Waals surface area contributed by atoms with Crippen LogP contribution in [-0.4, -0.2) is 13.4 Å². The number of nitrogen functional groups attached to an aromatic ring is 1. The van der Waals surface area contributed by atoms with Crippen LogP contribution in [0.15, 0.2) is 45.9 Å². The fourth-order valence-electron chi connectivity index (χ4n) is 1.72. The van der Waals surface area contributed by atoms with Crippen LogP contribution in [0.1, 0.15) is 11.3 Å². The highest BCUT2D eigenvalue weighted by Crippen LogP contribution is 2.25. The third kappa shape index (κ3) is 3.15. The Morgan fingerprint density at radius 2 is 2.05 bits per heavy atom. The van der Waals surface area contributed by atoms with Crippen molar-refractivity contribution in [3.05, 3.63) is 52.3 Å². The minimum Gasteiger partial charge on any atom is -0.398 e. The molecular weight excluding hydrogens is 342 g/mol. The second-order valence-corrected chi connectivity index (χ2v) is 6.98. The Morgan fingerprint density at radius 3 is 2.70 bits per heavy atom. The molecule has 2 aromatic rings. The van der Waals surface area contributed by atoms with Gasteiger partial charge >= 0.3 is 0 Å². The van der Waals surface area contributed by atoms with Crippen molar-refractivity contribution in [3.8, 4) is 6.07 Å². The fourth-order valence-corrected chi connectivity index (χ4v) is 3.57. The number of nitrogens with two attached hydrogens (primary N) is 1. The van der Waals surface area contributed by atoms with Crippen LogP contribution in [0.5, 0.6) is 0 Å². The third-order valence-electron chi connectivity index (χ3n) is 2.60. The SMILES string of the molecule is N#Cc1cc(CS(=O)(=O)c2ccc(Br)cc2N)ccn1. The standard InChI is InChI=1S/C13H10BrN3O2S/c14-10-1-2-13(12(16)6-10)20(18,19)8-9-3-4-17-11(5-9)7-15/h1-6H,8,16H2. The van der Waals surface area contributed by atoms with E-state index in [-0.39, 0.29) is 22.0 Å². The van der Waals surface area contributed by atoms with Crippen LogP contribution in [0.25, 0.3) is 0 Å². The van der Waals surface area contributed by atoms with E-state index in [2.05, 4.69) is 20.9 Å². The molecule has 0 bridgehead atoms.